The quantitative estimate of drug-likeness (QED) is 0.545. The van der Waals surface area contributed by atoms with Gasteiger partial charge in [0, 0.05) is 6.42 Å². The van der Waals surface area contributed by atoms with Crippen LogP contribution in [0.2, 0.25) is 0 Å². The van der Waals surface area contributed by atoms with Gasteiger partial charge in [-0.1, -0.05) is 0 Å². The summed E-state index contributed by atoms with van der Waals surface area (Å²) in [5, 5.41) is 9.83. The van der Waals surface area contributed by atoms with Crippen molar-refractivity contribution in [1.29, 1.82) is 0 Å². The Labute approximate surface area is 115 Å². The summed E-state index contributed by atoms with van der Waals surface area (Å²) in [5.74, 6) is -2.21. The van der Waals surface area contributed by atoms with Crippen molar-refractivity contribution in [3.63, 3.8) is 0 Å². The highest BCUT2D eigenvalue weighted by Gasteiger charge is 2.42. The minimum absolute atomic E-state index is 0.0167. The number of nitrogens with zero attached hydrogens (tertiary/aromatic N) is 3. The molecule has 1 atom stereocenters. The lowest BCUT2D eigenvalue weighted by molar-refractivity contribution is -0.203. The van der Waals surface area contributed by atoms with Crippen LogP contribution >= 0.6 is 0 Å². The molecule has 0 saturated heterocycles. The molecule has 1 unspecified atom stereocenters. The molecule has 114 valence electrons. The van der Waals surface area contributed by atoms with Gasteiger partial charge in [-0.25, -0.2) is 4.79 Å². The van der Waals surface area contributed by atoms with E-state index in [4.69, 9.17) is 5.73 Å². The van der Waals surface area contributed by atoms with Gasteiger partial charge < -0.3 is 20.8 Å². The number of fused-ring (bicyclic) bond motifs is 1. The zero-order valence-corrected chi connectivity index (χ0v) is 10.5. The van der Waals surface area contributed by atoms with E-state index in [0.717, 1.165) is 0 Å². The number of esters is 1. The predicted molar refractivity (Wildman–Crippen MR) is 64.9 cm³/mol. The maximum absolute atomic E-state index is 12.2. The smallest absolute Gasteiger partial charge is 0.435 e. The summed E-state index contributed by atoms with van der Waals surface area (Å²) in [6.45, 7) is 0.0167. The van der Waals surface area contributed by atoms with Crippen molar-refractivity contribution in [2.24, 2.45) is 5.73 Å². The Bertz CT molecular complexity index is 596. The summed E-state index contributed by atoms with van der Waals surface area (Å²) in [4.78, 5) is 17.5. The number of carbonyl (C=O) groups excluding carboxylic acids is 1. The number of aromatic amines is 1. The summed E-state index contributed by atoms with van der Waals surface area (Å²) in [6, 6.07) is 1.58. The van der Waals surface area contributed by atoms with Crippen molar-refractivity contribution in [3.8, 4) is 0 Å². The molecule has 0 radical (unpaired) electrons. The number of ether oxygens (including phenoxy) is 1. The number of aromatic nitrogens is 4. The van der Waals surface area contributed by atoms with Crippen LogP contribution < -0.4 is 11.1 Å². The first-order valence-corrected chi connectivity index (χ1v) is 5.82. The second kappa shape index (κ2) is 5.91. The van der Waals surface area contributed by atoms with Crippen molar-refractivity contribution >= 4 is 23.1 Å². The molecule has 0 aliphatic heterocycles. The third-order valence-corrected chi connectivity index (χ3v) is 2.38. The molecular weight excluding hydrogens is 293 g/mol. The number of carbonyl (C=O) groups is 1. The number of hydrogen-bond acceptors (Lipinski definition) is 7. The molecule has 11 heteroatoms. The first-order chi connectivity index (χ1) is 9.90. The Morgan fingerprint density at radius 2 is 2.29 bits per heavy atom. The summed E-state index contributed by atoms with van der Waals surface area (Å²) in [5.41, 5.74) is 6.08. The van der Waals surface area contributed by atoms with Crippen LogP contribution in [0, 0.1) is 0 Å². The van der Waals surface area contributed by atoms with Gasteiger partial charge in [-0.15, -0.1) is 5.10 Å². The Morgan fingerprint density at radius 3 is 2.90 bits per heavy atom. The number of rotatable bonds is 5. The Hall–Kier alpha value is -2.43. The van der Waals surface area contributed by atoms with Gasteiger partial charge in [0.25, 0.3) is 0 Å². The van der Waals surface area contributed by atoms with Gasteiger partial charge in [0.15, 0.2) is 6.23 Å². The molecule has 8 nitrogen and oxygen atoms in total. The highest BCUT2D eigenvalue weighted by molar-refractivity contribution is 5.76. The number of H-pyrrole nitrogens is 1. The number of imidazole rings is 1. The SMILES string of the molecule is NCCC(Nc1nc2nnccc2[nH]1)OC(=O)C(F)(F)F. The number of nitrogens with two attached hydrogens (primary N) is 1. The van der Waals surface area contributed by atoms with E-state index in [1.165, 1.54) is 6.20 Å². The van der Waals surface area contributed by atoms with Crippen molar-refractivity contribution < 1.29 is 22.7 Å². The minimum Gasteiger partial charge on any atom is -0.435 e. The molecule has 0 aliphatic rings. The molecule has 4 N–H and O–H groups in total. The van der Waals surface area contributed by atoms with E-state index in [9.17, 15) is 18.0 Å². The average molecular weight is 304 g/mol. The molecule has 0 amide bonds. The lowest BCUT2D eigenvalue weighted by Gasteiger charge is -2.18. The zero-order valence-electron chi connectivity index (χ0n) is 10.5. The maximum atomic E-state index is 12.2. The second-order valence-electron chi connectivity index (χ2n) is 3.97. The van der Waals surface area contributed by atoms with Gasteiger partial charge in [0.2, 0.25) is 11.6 Å². The van der Waals surface area contributed by atoms with Crippen molar-refractivity contribution in [2.75, 3.05) is 11.9 Å². The Kier molecular flexibility index (Phi) is 4.21. The number of nitrogens with one attached hydrogen (secondary N) is 2. The van der Waals surface area contributed by atoms with E-state index < -0.39 is 18.4 Å². The first-order valence-electron chi connectivity index (χ1n) is 5.82. The summed E-state index contributed by atoms with van der Waals surface area (Å²) in [7, 11) is 0. The number of anilines is 1. The molecular formula is C10H11F3N6O2. The van der Waals surface area contributed by atoms with E-state index >= 15 is 0 Å². The molecule has 0 saturated carbocycles. The molecule has 0 aromatic carbocycles. The van der Waals surface area contributed by atoms with Crippen LogP contribution in [0.25, 0.3) is 11.2 Å². The first kappa shape index (κ1) is 15.0. The molecule has 2 aromatic rings. The van der Waals surface area contributed by atoms with E-state index in [0.29, 0.717) is 5.52 Å². The van der Waals surface area contributed by atoms with Gasteiger partial charge in [-0.05, 0) is 12.6 Å². The topological polar surface area (TPSA) is 119 Å². The van der Waals surface area contributed by atoms with Crippen LogP contribution in [-0.2, 0) is 9.53 Å². The van der Waals surface area contributed by atoms with E-state index in [2.05, 4.69) is 30.2 Å². The molecule has 0 fully saturated rings. The fourth-order valence-electron chi connectivity index (χ4n) is 1.49. The summed E-state index contributed by atoms with van der Waals surface area (Å²) >= 11 is 0. The molecule has 0 spiro atoms. The molecule has 21 heavy (non-hydrogen) atoms. The molecule has 2 rings (SSSR count). The average Bonchev–Trinajstić information content (AvgIpc) is 2.79. The molecule has 0 bridgehead atoms. The predicted octanol–water partition coefficient (Wildman–Crippen LogP) is 0.545. The van der Waals surface area contributed by atoms with E-state index in [1.807, 2.05) is 0 Å². The summed E-state index contributed by atoms with van der Waals surface area (Å²) in [6.07, 6.45) is -4.94. The minimum atomic E-state index is -5.08. The number of halogens is 3. The van der Waals surface area contributed by atoms with Crippen molar-refractivity contribution in [2.45, 2.75) is 18.8 Å². The van der Waals surface area contributed by atoms with Gasteiger partial charge >= 0.3 is 12.1 Å². The maximum Gasteiger partial charge on any atom is 0.491 e. The molecule has 2 aromatic heterocycles. The highest BCUT2D eigenvalue weighted by atomic mass is 19.4. The number of hydrogen-bond donors (Lipinski definition) is 3. The van der Waals surface area contributed by atoms with Crippen LogP contribution in [0.1, 0.15) is 6.42 Å². The van der Waals surface area contributed by atoms with Crippen LogP contribution in [-0.4, -0.2) is 45.1 Å². The van der Waals surface area contributed by atoms with E-state index in [1.54, 1.807) is 6.07 Å². The van der Waals surface area contributed by atoms with Crippen molar-refractivity contribution in [3.05, 3.63) is 12.3 Å². The largest absolute Gasteiger partial charge is 0.491 e. The molecule has 2 heterocycles. The molecule has 0 aliphatic carbocycles. The lowest BCUT2D eigenvalue weighted by atomic mass is 10.4. The Balaban J connectivity index is 2.10. The summed E-state index contributed by atoms with van der Waals surface area (Å²) < 4.78 is 40.8. The van der Waals surface area contributed by atoms with Gasteiger partial charge in [-0.3, -0.25) is 0 Å². The van der Waals surface area contributed by atoms with Crippen LogP contribution in [0.3, 0.4) is 0 Å². The van der Waals surface area contributed by atoms with Gasteiger partial charge in [-0.2, -0.15) is 23.3 Å². The highest BCUT2D eigenvalue weighted by Crippen LogP contribution is 2.19. The third kappa shape index (κ3) is 3.78. The fourth-order valence-corrected chi connectivity index (χ4v) is 1.49. The van der Waals surface area contributed by atoms with Crippen LogP contribution in [0.4, 0.5) is 19.1 Å². The standard InChI is InChI=1S/C10H11F3N6O2/c11-10(12,13)8(20)21-6(1-3-14)17-9-16-5-2-4-15-19-7(5)18-9/h2,4,6H,1,3,14H2,(H2,16,17,18,19). The normalized spacial score (nSPS) is 13.1. The monoisotopic (exact) mass is 304 g/mol. The lowest BCUT2D eigenvalue weighted by Crippen LogP contribution is -2.35. The van der Waals surface area contributed by atoms with Gasteiger partial charge in [0.1, 0.15) is 0 Å². The third-order valence-electron chi connectivity index (χ3n) is 2.38. The number of alkyl halides is 3. The fraction of sp³-hybridized carbons (Fsp3) is 0.400. The second-order valence-corrected chi connectivity index (χ2v) is 3.97. The van der Waals surface area contributed by atoms with Crippen LogP contribution in [0.5, 0.6) is 0 Å². The van der Waals surface area contributed by atoms with Crippen molar-refractivity contribution in [1.82, 2.24) is 20.2 Å². The van der Waals surface area contributed by atoms with Gasteiger partial charge in [0.05, 0.1) is 11.7 Å². The Morgan fingerprint density at radius 1 is 1.52 bits per heavy atom. The van der Waals surface area contributed by atoms with Crippen LogP contribution in [0.15, 0.2) is 12.3 Å². The van der Waals surface area contributed by atoms with E-state index in [-0.39, 0.29) is 24.6 Å². The zero-order chi connectivity index (χ0) is 15.5.